The molecule has 0 bridgehead atoms. The van der Waals surface area contributed by atoms with Crippen LogP contribution in [-0.2, 0) is 0 Å². The Morgan fingerprint density at radius 3 is 2.50 bits per heavy atom. The SMILES string of the molecule is CCCCCCCC(C)n1c(C)c(C)c2cc(F)cc(C(N)=O)c21. The first-order chi connectivity index (χ1) is 11.4. The van der Waals surface area contributed by atoms with Gasteiger partial charge in [-0.05, 0) is 44.9 Å². The van der Waals surface area contributed by atoms with Gasteiger partial charge in [-0.25, -0.2) is 4.39 Å². The largest absolute Gasteiger partial charge is 0.366 e. The van der Waals surface area contributed by atoms with Crippen molar-refractivity contribution in [3.05, 3.63) is 34.8 Å². The highest BCUT2D eigenvalue weighted by Crippen LogP contribution is 2.33. The predicted molar refractivity (Wildman–Crippen MR) is 98.0 cm³/mol. The highest BCUT2D eigenvalue weighted by atomic mass is 19.1. The lowest BCUT2D eigenvalue weighted by atomic mass is 10.1. The molecule has 1 aromatic heterocycles. The summed E-state index contributed by atoms with van der Waals surface area (Å²) in [5, 5.41) is 0.791. The molecule has 1 amide bonds. The minimum atomic E-state index is -0.576. The lowest BCUT2D eigenvalue weighted by Crippen LogP contribution is -2.15. The Balaban J connectivity index is 2.38. The zero-order chi connectivity index (χ0) is 17.9. The number of nitrogens with two attached hydrogens (primary N) is 1. The molecule has 0 saturated heterocycles. The summed E-state index contributed by atoms with van der Waals surface area (Å²) in [6, 6.07) is 3.02. The third-order valence-corrected chi connectivity index (χ3v) is 5.06. The predicted octanol–water partition coefficient (Wildman–Crippen LogP) is 5.42. The van der Waals surface area contributed by atoms with Gasteiger partial charge in [0, 0.05) is 17.1 Å². The van der Waals surface area contributed by atoms with Gasteiger partial charge in [0.05, 0.1) is 11.1 Å². The minimum absolute atomic E-state index is 0.256. The van der Waals surface area contributed by atoms with Crippen LogP contribution in [0.5, 0.6) is 0 Å². The summed E-state index contributed by atoms with van der Waals surface area (Å²) in [4.78, 5) is 11.8. The van der Waals surface area contributed by atoms with Crippen molar-refractivity contribution in [2.45, 2.75) is 72.3 Å². The third kappa shape index (κ3) is 3.63. The van der Waals surface area contributed by atoms with Gasteiger partial charge in [-0.2, -0.15) is 0 Å². The summed E-state index contributed by atoms with van der Waals surface area (Å²) >= 11 is 0. The van der Waals surface area contributed by atoms with Crippen molar-refractivity contribution in [2.75, 3.05) is 0 Å². The molecule has 1 heterocycles. The van der Waals surface area contributed by atoms with Gasteiger partial charge in [-0.1, -0.05) is 39.0 Å². The maximum Gasteiger partial charge on any atom is 0.250 e. The summed E-state index contributed by atoms with van der Waals surface area (Å²) in [5.41, 5.74) is 8.67. The second-order valence-corrected chi connectivity index (χ2v) is 6.85. The first-order valence-electron chi connectivity index (χ1n) is 8.98. The van der Waals surface area contributed by atoms with Crippen LogP contribution in [0.25, 0.3) is 10.9 Å². The molecule has 0 fully saturated rings. The van der Waals surface area contributed by atoms with Crippen LogP contribution in [0.15, 0.2) is 12.1 Å². The third-order valence-electron chi connectivity index (χ3n) is 5.06. The molecule has 3 nitrogen and oxygen atoms in total. The molecule has 132 valence electrons. The standard InChI is InChI=1S/C20H29FN2O/c1-5-6-7-8-9-10-13(2)23-15(4)14(3)17-11-16(21)12-18(19(17)23)20(22)24/h11-13H,5-10H2,1-4H3,(H2,22,24). The van der Waals surface area contributed by atoms with Gasteiger partial charge in [0.15, 0.2) is 0 Å². The highest BCUT2D eigenvalue weighted by Gasteiger charge is 2.21. The number of amides is 1. The van der Waals surface area contributed by atoms with Crippen LogP contribution < -0.4 is 5.73 Å². The van der Waals surface area contributed by atoms with E-state index in [-0.39, 0.29) is 11.6 Å². The topological polar surface area (TPSA) is 48.0 Å². The van der Waals surface area contributed by atoms with E-state index < -0.39 is 11.7 Å². The number of carbonyl (C=O) groups is 1. The van der Waals surface area contributed by atoms with Crippen LogP contribution in [0.2, 0.25) is 0 Å². The van der Waals surface area contributed by atoms with E-state index in [1.54, 1.807) is 0 Å². The fourth-order valence-electron chi connectivity index (χ4n) is 3.60. The highest BCUT2D eigenvalue weighted by molar-refractivity contribution is 6.06. The molecule has 1 atom stereocenters. The van der Waals surface area contributed by atoms with Crippen LogP contribution in [0.1, 0.15) is 80.0 Å². The monoisotopic (exact) mass is 332 g/mol. The van der Waals surface area contributed by atoms with E-state index in [2.05, 4.69) is 18.4 Å². The van der Waals surface area contributed by atoms with Gasteiger partial charge in [0.1, 0.15) is 5.82 Å². The van der Waals surface area contributed by atoms with Gasteiger partial charge in [0.25, 0.3) is 5.91 Å². The van der Waals surface area contributed by atoms with Crippen molar-refractivity contribution in [3.63, 3.8) is 0 Å². The van der Waals surface area contributed by atoms with E-state index in [4.69, 9.17) is 5.73 Å². The van der Waals surface area contributed by atoms with Crippen molar-refractivity contribution in [1.82, 2.24) is 4.57 Å². The average molecular weight is 332 g/mol. The molecular formula is C20H29FN2O. The van der Waals surface area contributed by atoms with Crippen molar-refractivity contribution in [3.8, 4) is 0 Å². The summed E-state index contributed by atoms with van der Waals surface area (Å²) in [5.74, 6) is -0.989. The van der Waals surface area contributed by atoms with E-state index in [1.165, 1.54) is 37.8 Å². The van der Waals surface area contributed by atoms with E-state index in [1.807, 2.05) is 13.8 Å². The Hall–Kier alpha value is -1.84. The van der Waals surface area contributed by atoms with E-state index in [0.717, 1.165) is 35.0 Å². The second kappa shape index (κ2) is 7.82. The number of aromatic nitrogens is 1. The fraction of sp³-hybridized carbons (Fsp3) is 0.550. The number of carbonyl (C=O) groups excluding carboxylic acids is 1. The Morgan fingerprint density at radius 1 is 1.21 bits per heavy atom. The number of primary amides is 1. The van der Waals surface area contributed by atoms with Gasteiger partial charge >= 0.3 is 0 Å². The molecule has 0 aliphatic rings. The Bertz CT molecular complexity index is 733. The van der Waals surface area contributed by atoms with Gasteiger partial charge in [-0.15, -0.1) is 0 Å². The molecule has 2 aromatic rings. The summed E-state index contributed by atoms with van der Waals surface area (Å²) in [7, 11) is 0. The Labute approximate surface area is 144 Å². The Morgan fingerprint density at radius 2 is 1.88 bits per heavy atom. The molecule has 0 radical (unpaired) electrons. The molecular weight excluding hydrogens is 303 g/mol. The minimum Gasteiger partial charge on any atom is -0.366 e. The maximum absolute atomic E-state index is 13.9. The van der Waals surface area contributed by atoms with Crippen LogP contribution in [0.3, 0.4) is 0 Å². The molecule has 24 heavy (non-hydrogen) atoms. The van der Waals surface area contributed by atoms with E-state index in [9.17, 15) is 9.18 Å². The zero-order valence-corrected chi connectivity index (χ0v) is 15.3. The van der Waals surface area contributed by atoms with Crippen molar-refractivity contribution in [1.29, 1.82) is 0 Å². The number of halogens is 1. The number of nitrogens with zero attached hydrogens (tertiary/aromatic N) is 1. The number of hydrogen-bond donors (Lipinski definition) is 1. The molecule has 2 N–H and O–H groups in total. The van der Waals surface area contributed by atoms with Gasteiger partial charge in [-0.3, -0.25) is 4.79 Å². The number of rotatable bonds is 8. The average Bonchev–Trinajstić information content (AvgIpc) is 2.78. The molecule has 2 rings (SSSR count). The molecule has 1 unspecified atom stereocenters. The van der Waals surface area contributed by atoms with Crippen LogP contribution in [0, 0.1) is 19.7 Å². The normalized spacial score (nSPS) is 12.7. The second-order valence-electron chi connectivity index (χ2n) is 6.85. The molecule has 1 aromatic carbocycles. The molecule has 0 aliphatic carbocycles. The molecule has 0 aliphatic heterocycles. The molecule has 0 spiro atoms. The summed E-state index contributed by atoms with van der Waals surface area (Å²) in [6.07, 6.45) is 7.22. The van der Waals surface area contributed by atoms with Gasteiger partial charge < -0.3 is 10.3 Å². The lowest BCUT2D eigenvalue weighted by Gasteiger charge is -2.19. The number of hydrogen-bond acceptors (Lipinski definition) is 1. The van der Waals surface area contributed by atoms with Crippen molar-refractivity contribution < 1.29 is 9.18 Å². The van der Waals surface area contributed by atoms with Crippen molar-refractivity contribution >= 4 is 16.8 Å². The van der Waals surface area contributed by atoms with Crippen LogP contribution in [0.4, 0.5) is 4.39 Å². The first-order valence-corrected chi connectivity index (χ1v) is 8.98. The summed E-state index contributed by atoms with van der Waals surface area (Å²) in [6.45, 7) is 8.39. The quantitative estimate of drug-likeness (QED) is 0.645. The zero-order valence-electron chi connectivity index (χ0n) is 15.3. The van der Waals surface area contributed by atoms with Crippen LogP contribution >= 0.6 is 0 Å². The molecule has 0 saturated carbocycles. The number of benzene rings is 1. The van der Waals surface area contributed by atoms with Crippen LogP contribution in [-0.4, -0.2) is 10.5 Å². The van der Waals surface area contributed by atoms with E-state index in [0.29, 0.717) is 0 Å². The molecule has 4 heteroatoms. The van der Waals surface area contributed by atoms with Crippen molar-refractivity contribution in [2.24, 2.45) is 5.73 Å². The number of aryl methyl sites for hydroxylation is 1. The smallest absolute Gasteiger partial charge is 0.250 e. The Kier molecular flexibility index (Phi) is 6.03. The first kappa shape index (κ1) is 18.5. The van der Waals surface area contributed by atoms with E-state index >= 15 is 0 Å². The summed E-state index contributed by atoms with van der Waals surface area (Å²) < 4.78 is 16.1. The van der Waals surface area contributed by atoms with Gasteiger partial charge in [0.2, 0.25) is 0 Å². The lowest BCUT2D eigenvalue weighted by molar-refractivity contribution is 0.100. The fourth-order valence-corrected chi connectivity index (χ4v) is 3.60. The maximum atomic E-state index is 13.9. The number of fused-ring (bicyclic) bond motifs is 1. The number of unbranched alkanes of at least 4 members (excludes halogenated alkanes) is 4.